The summed E-state index contributed by atoms with van der Waals surface area (Å²) in [4.78, 5) is 4.88. The van der Waals surface area contributed by atoms with Crippen LogP contribution in [-0.2, 0) is 6.54 Å². The summed E-state index contributed by atoms with van der Waals surface area (Å²) in [7, 11) is 0. The Balaban J connectivity index is 1.39. The number of fused-ring (bicyclic) bond motifs is 2. The van der Waals surface area contributed by atoms with Crippen molar-refractivity contribution in [1.29, 1.82) is 0 Å². The Hall–Kier alpha value is -3.12. The van der Waals surface area contributed by atoms with Crippen molar-refractivity contribution in [3.8, 4) is 0 Å². The highest BCUT2D eigenvalue weighted by atomic mass is 32.2. The van der Waals surface area contributed by atoms with Crippen LogP contribution in [0.25, 0.3) is 21.5 Å². The van der Waals surface area contributed by atoms with E-state index in [1.165, 1.54) is 27.1 Å². The van der Waals surface area contributed by atoms with Gasteiger partial charge in [0.1, 0.15) is 0 Å². The maximum absolute atomic E-state index is 6.19. The van der Waals surface area contributed by atoms with E-state index in [9.17, 15) is 0 Å². The second-order valence-corrected chi connectivity index (χ2v) is 11.1. The molecule has 0 aliphatic heterocycles. The standard InChI is InChI=1S/C31H31N3S2/c32-28-13-5-7-15-30(28)35-19-17-34(18-20-36-31-16-8-6-14-29(31)33)22-27-25-11-3-1-9-23(25)21-24-10-2-4-12-26(24)27/h1-16,21H,17-20,22,32-33H2. The van der Waals surface area contributed by atoms with Gasteiger partial charge in [0.2, 0.25) is 0 Å². The summed E-state index contributed by atoms with van der Waals surface area (Å²) in [6.07, 6.45) is 0. The lowest BCUT2D eigenvalue weighted by Gasteiger charge is -2.24. The fourth-order valence-corrected chi connectivity index (χ4v) is 6.52. The van der Waals surface area contributed by atoms with Crippen molar-refractivity contribution in [2.45, 2.75) is 16.3 Å². The van der Waals surface area contributed by atoms with Gasteiger partial charge in [0, 0.05) is 52.3 Å². The number of hydrogen-bond acceptors (Lipinski definition) is 5. The van der Waals surface area contributed by atoms with Crippen LogP contribution in [0.3, 0.4) is 0 Å². The highest BCUT2D eigenvalue weighted by molar-refractivity contribution is 7.99. The maximum atomic E-state index is 6.19. The molecule has 0 spiro atoms. The fourth-order valence-electron chi connectivity index (χ4n) is 4.57. The van der Waals surface area contributed by atoms with Gasteiger partial charge in [0.05, 0.1) is 0 Å². The molecule has 0 radical (unpaired) electrons. The summed E-state index contributed by atoms with van der Waals surface area (Å²) in [5, 5.41) is 5.26. The average molecular weight is 510 g/mol. The molecule has 182 valence electrons. The third-order valence-electron chi connectivity index (χ3n) is 6.43. The molecule has 0 saturated carbocycles. The van der Waals surface area contributed by atoms with Crippen LogP contribution in [0, 0.1) is 0 Å². The van der Waals surface area contributed by atoms with Crippen molar-refractivity contribution in [3.05, 3.63) is 109 Å². The summed E-state index contributed by atoms with van der Waals surface area (Å²) >= 11 is 3.66. The Morgan fingerprint density at radius 3 is 1.50 bits per heavy atom. The number of benzene rings is 5. The Morgan fingerprint density at radius 2 is 1.00 bits per heavy atom. The molecule has 0 aliphatic carbocycles. The average Bonchev–Trinajstić information content (AvgIpc) is 2.90. The van der Waals surface area contributed by atoms with E-state index in [0.29, 0.717) is 0 Å². The number of anilines is 2. The van der Waals surface area contributed by atoms with E-state index in [1.807, 2.05) is 47.8 Å². The van der Waals surface area contributed by atoms with Crippen molar-refractivity contribution >= 4 is 56.4 Å². The zero-order chi connectivity index (χ0) is 24.7. The Bertz CT molecular complexity index is 1360. The molecule has 3 nitrogen and oxygen atoms in total. The first-order valence-corrected chi connectivity index (χ1v) is 14.2. The van der Waals surface area contributed by atoms with Crippen molar-refractivity contribution in [2.24, 2.45) is 0 Å². The first kappa shape index (κ1) is 24.6. The molecule has 0 heterocycles. The van der Waals surface area contributed by atoms with Gasteiger partial charge in [0.15, 0.2) is 0 Å². The Kier molecular flexibility index (Phi) is 8.01. The predicted molar refractivity (Wildman–Crippen MR) is 160 cm³/mol. The van der Waals surface area contributed by atoms with Gasteiger partial charge < -0.3 is 11.5 Å². The van der Waals surface area contributed by atoms with Gasteiger partial charge in [-0.3, -0.25) is 4.90 Å². The van der Waals surface area contributed by atoms with Crippen LogP contribution in [0.1, 0.15) is 5.56 Å². The van der Waals surface area contributed by atoms with Gasteiger partial charge in [0.25, 0.3) is 0 Å². The third-order valence-corrected chi connectivity index (χ3v) is 8.57. The van der Waals surface area contributed by atoms with Crippen LogP contribution < -0.4 is 11.5 Å². The van der Waals surface area contributed by atoms with Gasteiger partial charge in [-0.1, -0.05) is 72.8 Å². The minimum Gasteiger partial charge on any atom is -0.398 e. The maximum Gasteiger partial charge on any atom is 0.0452 e. The number of nitrogens with two attached hydrogens (primary N) is 2. The smallest absolute Gasteiger partial charge is 0.0452 e. The predicted octanol–water partition coefficient (Wildman–Crippen LogP) is 7.54. The van der Waals surface area contributed by atoms with E-state index < -0.39 is 0 Å². The second-order valence-electron chi connectivity index (χ2n) is 8.85. The number of nitrogen functional groups attached to an aromatic ring is 2. The molecule has 5 heteroatoms. The van der Waals surface area contributed by atoms with Gasteiger partial charge in [-0.25, -0.2) is 0 Å². The van der Waals surface area contributed by atoms with Gasteiger partial charge in [-0.2, -0.15) is 0 Å². The van der Waals surface area contributed by atoms with E-state index in [2.05, 4.69) is 83.8 Å². The van der Waals surface area contributed by atoms with E-state index in [0.717, 1.165) is 52.3 Å². The van der Waals surface area contributed by atoms with Crippen molar-refractivity contribution in [2.75, 3.05) is 36.1 Å². The summed E-state index contributed by atoms with van der Waals surface area (Å²) in [6, 6.07) is 36.1. The lowest BCUT2D eigenvalue weighted by atomic mass is 9.96. The molecule has 0 bridgehead atoms. The molecule has 36 heavy (non-hydrogen) atoms. The molecule has 4 N–H and O–H groups in total. The van der Waals surface area contributed by atoms with Crippen molar-refractivity contribution in [1.82, 2.24) is 4.90 Å². The molecule has 5 aromatic rings. The third kappa shape index (κ3) is 5.81. The molecule has 0 aliphatic rings. The van der Waals surface area contributed by atoms with E-state index in [4.69, 9.17) is 11.5 Å². The topological polar surface area (TPSA) is 55.3 Å². The lowest BCUT2D eigenvalue weighted by Crippen LogP contribution is -2.28. The van der Waals surface area contributed by atoms with Crippen LogP contribution in [0.2, 0.25) is 0 Å². The number of rotatable bonds is 10. The minimum atomic E-state index is 0.851. The number of thioether (sulfide) groups is 2. The molecule has 0 atom stereocenters. The zero-order valence-corrected chi connectivity index (χ0v) is 21.9. The molecule has 0 amide bonds. The van der Waals surface area contributed by atoms with E-state index in [-0.39, 0.29) is 0 Å². The first-order chi connectivity index (χ1) is 17.7. The summed E-state index contributed by atoms with van der Waals surface area (Å²) in [6.45, 7) is 2.85. The molecule has 0 fully saturated rings. The van der Waals surface area contributed by atoms with Crippen LogP contribution in [0.15, 0.2) is 113 Å². The number of hydrogen-bond donors (Lipinski definition) is 2. The zero-order valence-electron chi connectivity index (χ0n) is 20.3. The second kappa shape index (κ2) is 11.7. The van der Waals surface area contributed by atoms with E-state index in [1.54, 1.807) is 0 Å². The quantitative estimate of drug-likeness (QED) is 0.116. The molecule has 0 saturated heterocycles. The van der Waals surface area contributed by atoms with Crippen LogP contribution in [0.5, 0.6) is 0 Å². The first-order valence-electron chi connectivity index (χ1n) is 12.3. The molecule has 0 unspecified atom stereocenters. The summed E-state index contributed by atoms with van der Waals surface area (Å²) in [5.41, 5.74) is 15.5. The van der Waals surface area contributed by atoms with Crippen LogP contribution >= 0.6 is 23.5 Å². The van der Waals surface area contributed by atoms with Gasteiger partial charge in [-0.05, 0) is 57.4 Å². The fraction of sp³-hybridized carbons (Fsp3) is 0.161. The van der Waals surface area contributed by atoms with Crippen LogP contribution in [0.4, 0.5) is 11.4 Å². The normalized spacial score (nSPS) is 11.5. The van der Waals surface area contributed by atoms with Gasteiger partial charge >= 0.3 is 0 Å². The number of para-hydroxylation sites is 2. The van der Waals surface area contributed by atoms with Crippen molar-refractivity contribution in [3.63, 3.8) is 0 Å². The summed E-state index contributed by atoms with van der Waals surface area (Å²) < 4.78 is 0. The molecule has 5 aromatic carbocycles. The molecule has 5 rings (SSSR count). The van der Waals surface area contributed by atoms with Crippen LogP contribution in [-0.4, -0.2) is 29.5 Å². The number of nitrogens with zero attached hydrogens (tertiary/aromatic N) is 1. The minimum absolute atomic E-state index is 0.851. The molecular weight excluding hydrogens is 478 g/mol. The van der Waals surface area contributed by atoms with E-state index >= 15 is 0 Å². The lowest BCUT2D eigenvalue weighted by molar-refractivity contribution is 0.303. The highest BCUT2D eigenvalue weighted by Crippen LogP contribution is 2.31. The Labute approximate surface area is 221 Å². The van der Waals surface area contributed by atoms with Gasteiger partial charge in [-0.15, -0.1) is 23.5 Å². The highest BCUT2D eigenvalue weighted by Gasteiger charge is 2.13. The molecule has 0 aromatic heterocycles. The van der Waals surface area contributed by atoms with Crippen molar-refractivity contribution < 1.29 is 0 Å². The SMILES string of the molecule is Nc1ccccc1SCCN(CCSc1ccccc1N)Cc1c2ccccc2cc2ccccc12. The largest absolute Gasteiger partial charge is 0.398 e. The summed E-state index contributed by atoms with van der Waals surface area (Å²) in [5.74, 6) is 1.96. The monoisotopic (exact) mass is 509 g/mol. The molecular formula is C31H31N3S2. The Morgan fingerprint density at radius 1 is 0.556 bits per heavy atom.